The summed E-state index contributed by atoms with van der Waals surface area (Å²) in [5.74, 6) is -0.499. The molecule has 0 saturated heterocycles. The molecule has 0 fully saturated rings. The smallest absolute Gasteiger partial charge is 0.271 e. The molecule has 0 saturated carbocycles. The summed E-state index contributed by atoms with van der Waals surface area (Å²) in [5.41, 5.74) is 8.35. The molecule has 29 heavy (non-hydrogen) atoms. The summed E-state index contributed by atoms with van der Waals surface area (Å²) < 4.78 is 0. The van der Waals surface area contributed by atoms with Gasteiger partial charge in [-0.3, -0.25) is 9.59 Å². The maximum Gasteiger partial charge on any atom is 0.271 e. The molecular formula is C24H23N3O2. The molecule has 5 nitrogen and oxygen atoms in total. The van der Waals surface area contributed by atoms with Crippen LogP contribution in [0.25, 0.3) is 0 Å². The van der Waals surface area contributed by atoms with E-state index in [1.807, 2.05) is 51.1 Å². The van der Waals surface area contributed by atoms with Gasteiger partial charge in [0, 0.05) is 16.8 Å². The highest BCUT2D eigenvalue weighted by Gasteiger charge is 2.09. The largest absolute Gasteiger partial charge is 0.322 e. The van der Waals surface area contributed by atoms with Gasteiger partial charge in [-0.15, -0.1) is 0 Å². The molecule has 0 radical (unpaired) electrons. The van der Waals surface area contributed by atoms with Crippen LogP contribution in [0.1, 0.15) is 43.0 Å². The van der Waals surface area contributed by atoms with Crippen molar-refractivity contribution in [3.05, 3.63) is 100 Å². The third-order valence-corrected chi connectivity index (χ3v) is 4.59. The molecule has 0 unspecified atom stereocenters. The number of aryl methyl sites for hydroxylation is 3. The molecule has 2 amide bonds. The number of hydrogen-bond donors (Lipinski definition) is 2. The van der Waals surface area contributed by atoms with Crippen LogP contribution in [0.4, 0.5) is 5.69 Å². The predicted octanol–water partition coefficient (Wildman–Crippen LogP) is 4.63. The van der Waals surface area contributed by atoms with Gasteiger partial charge in [0.25, 0.3) is 11.8 Å². The molecule has 0 aliphatic heterocycles. The maximum atomic E-state index is 12.4. The Hall–Kier alpha value is -3.73. The third-order valence-electron chi connectivity index (χ3n) is 4.59. The molecule has 0 bridgehead atoms. The molecule has 0 aliphatic carbocycles. The van der Waals surface area contributed by atoms with Gasteiger partial charge in [0.1, 0.15) is 0 Å². The Balaban J connectivity index is 1.60. The van der Waals surface area contributed by atoms with Crippen LogP contribution < -0.4 is 10.7 Å². The highest BCUT2D eigenvalue weighted by Crippen LogP contribution is 2.14. The van der Waals surface area contributed by atoms with Gasteiger partial charge in [0.15, 0.2) is 0 Å². The summed E-state index contributed by atoms with van der Waals surface area (Å²) in [7, 11) is 0. The summed E-state index contributed by atoms with van der Waals surface area (Å²) in [6, 6.07) is 20.1. The van der Waals surface area contributed by atoms with E-state index in [1.54, 1.807) is 36.5 Å². The van der Waals surface area contributed by atoms with Crippen molar-refractivity contribution in [3.8, 4) is 0 Å². The lowest BCUT2D eigenvalue weighted by Gasteiger charge is -2.08. The molecule has 0 aromatic heterocycles. The van der Waals surface area contributed by atoms with Crippen LogP contribution >= 0.6 is 0 Å². The second-order valence-corrected chi connectivity index (χ2v) is 6.91. The van der Waals surface area contributed by atoms with Gasteiger partial charge < -0.3 is 5.32 Å². The molecule has 3 aromatic rings. The Morgan fingerprint density at radius 3 is 2.24 bits per heavy atom. The van der Waals surface area contributed by atoms with Gasteiger partial charge in [0.05, 0.1) is 6.21 Å². The number of rotatable bonds is 5. The van der Waals surface area contributed by atoms with Crippen molar-refractivity contribution in [2.45, 2.75) is 20.8 Å². The second kappa shape index (κ2) is 8.97. The van der Waals surface area contributed by atoms with Crippen LogP contribution in [0.2, 0.25) is 0 Å². The van der Waals surface area contributed by atoms with Crippen molar-refractivity contribution in [2.24, 2.45) is 5.10 Å². The Labute approximate surface area is 170 Å². The van der Waals surface area contributed by atoms with Crippen LogP contribution in [0.3, 0.4) is 0 Å². The lowest BCUT2D eigenvalue weighted by molar-refractivity contribution is 0.0954. The Bertz CT molecular complexity index is 1070. The fourth-order valence-corrected chi connectivity index (χ4v) is 2.93. The van der Waals surface area contributed by atoms with Gasteiger partial charge in [-0.1, -0.05) is 42.0 Å². The molecule has 0 spiro atoms. The number of hydrazone groups is 1. The van der Waals surface area contributed by atoms with Crippen molar-refractivity contribution in [1.82, 2.24) is 5.43 Å². The van der Waals surface area contributed by atoms with Crippen LogP contribution in [-0.4, -0.2) is 18.0 Å². The Morgan fingerprint density at radius 1 is 0.828 bits per heavy atom. The summed E-state index contributed by atoms with van der Waals surface area (Å²) in [6.07, 6.45) is 1.63. The van der Waals surface area contributed by atoms with E-state index in [2.05, 4.69) is 21.9 Å². The molecule has 3 rings (SSSR count). The van der Waals surface area contributed by atoms with Gasteiger partial charge >= 0.3 is 0 Å². The number of nitrogens with zero attached hydrogens (tertiary/aromatic N) is 1. The number of anilines is 1. The zero-order chi connectivity index (χ0) is 20.8. The van der Waals surface area contributed by atoms with E-state index in [9.17, 15) is 9.59 Å². The monoisotopic (exact) mass is 385 g/mol. The molecule has 0 heterocycles. The minimum absolute atomic E-state index is 0.182. The summed E-state index contributed by atoms with van der Waals surface area (Å²) in [4.78, 5) is 24.6. The number of carbonyl (C=O) groups is 2. The molecule has 0 atom stereocenters. The van der Waals surface area contributed by atoms with Crippen LogP contribution in [0.5, 0.6) is 0 Å². The average Bonchev–Trinajstić information content (AvgIpc) is 2.70. The number of carbonyl (C=O) groups excluding carboxylic acids is 2. The number of amides is 2. The highest BCUT2D eigenvalue weighted by atomic mass is 16.2. The summed E-state index contributed by atoms with van der Waals surface area (Å²) >= 11 is 0. The van der Waals surface area contributed by atoms with Crippen molar-refractivity contribution < 1.29 is 9.59 Å². The first-order valence-electron chi connectivity index (χ1n) is 9.32. The summed E-state index contributed by atoms with van der Waals surface area (Å²) in [6.45, 7) is 5.92. The predicted molar refractivity (Wildman–Crippen MR) is 117 cm³/mol. The average molecular weight is 385 g/mol. The van der Waals surface area contributed by atoms with Gasteiger partial charge in [0.2, 0.25) is 0 Å². The summed E-state index contributed by atoms with van der Waals surface area (Å²) in [5, 5.41) is 6.87. The molecule has 146 valence electrons. The standard InChI is InChI=1S/C24H23N3O2/c1-16-8-9-20(18(3)14-16)15-25-27-23(28)19-10-12-21(13-11-19)26-24(29)22-7-5-4-6-17(22)2/h4-15H,1-3H3,(H,26,29)(H,27,28). The SMILES string of the molecule is Cc1ccc(C=NNC(=O)c2ccc(NC(=O)c3ccccc3C)cc2)c(C)c1. The van der Waals surface area contributed by atoms with E-state index < -0.39 is 0 Å². The van der Waals surface area contributed by atoms with Crippen molar-refractivity contribution in [2.75, 3.05) is 5.32 Å². The van der Waals surface area contributed by atoms with E-state index in [1.165, 1.54) is 5.56 Å². The first-order valence-corrected chi connectivity index (χ1v) is 9.32. The van der Waals surface area contributed by atoms with Gasteiger partial charge in [-0.2, -0.15) is 5.10 Å². The molecule has 0 aliphatic rings. The van der Waals surface area contributed by atoms with E-state index >= 15 is 0 Å². The minimum Gasteiger partial charge on any atom is -0.322 e. The van der Waals surface area contributed by atoms with Crippen LogP contribution in [0, 0.1) is 20.8 Å². The molecule has 3 aromatic carbocycles. The lowest BCUT2D eigenvalue weighted by atomic mass is 10.1. The van der Waals surface area contributed by atoms with Crippen LogP contribution in [-0.2, 0) is 0 Å². The minimum atomic E-state index is -0.317. The molecular weight excluding hydrogens is 362 g/mol. The maximum absolute atomic E-state index is 12.4. The zero-order valence-electron chi connectivity index (χ0n) is 16.7. The van der Waals surface area contributed by atoms with Crippen molar-refractivity contribution in [3.63, 3.8) is 0 Å². The molecule has 2 N–H and O–H groups in total. The Morgan fingerprint density at radius 2 is 1.55 bits per heavy atom. The van der Waals surface area contributed by atoms with E-state index in [0.717, 1.165) is 16.7 Å². The first kappa shape index (κ1) is 20.0. The fourth-order valence-electron chi connectivity index (χ4n) is 2.93. The Kier molecular flexibility index (Phi) is 6.19. The van der Waals surface area contributed by atoms with Gasteiger partial charge in [-0.05, 0) is 67.8 Å². The molecule has 5 heteroatoms. The number of benzene rings is 3. The van der Waals surface area contributed by atoms with Crippen LogP contribution in [0.15, 0.2) is 71.8 Å². The van der Waals surface area contributed by atoms with E-state index in [-0.39, 0.29) is 11.8 Å². The topological polar surface area (TPSA) is 70.6 Å². The lowest BCUT2D eigenvalue weighted by Crippen LogP contribution is -2.18. The van der Waals surface area contributed by atoms with E-state index in [0.29, 0.717) is 16.8 Å². The second-order valence-electron chi connectivity index (χ2n) is 6.91. The van der Waals surface area contributed by atoms with Crippen molar-refractivity contribution >= 4 is 23.7 Å². The quantitative estimate of drug-likeness (QED) is 0.497. The first-order chi connectivity index (χ1) is 13.9. The number of nitrogens with one attached hydrogen (secondary N) is 2. The number of hydrogen-bond acceptors (Lipinski definition) is 3. The van der Waals surface area contributed by atoms with E-state index in [4.69, 9.17) is 0 Å². The fraction of sp³-hybridized carbons (Fsp3) is 0.125. The third kappa shape index (κ3) is 5.17. The highest BCUT2D eigenvalue weighted by molar-refractivity contribution is 6.05. The normalized spacial score (nSPS) is 10.7. The van der Waals surface area contributed by atoms with Gasteiger partial charge in [-0.25, -0.2) is 5.43 Å². The van der Waals surface area contributed by atoms with Crippen molar-refractivity contribution in [1.29, 1.82) is 0 Å². The zero-order valence-corrected chi connectivity index (χ0v) is 16.7.